The molecule has 3 rings (SSSR count). The van der Waals surface area contributed by atoms with Gasteiger partial charge in [0, 0.05) is 6.20 Å². The molecule has 21 heavy (non-hydrogen) atoms. The number of fused-ring (bicyclic) bond motifs is 2. The molecule has 0 fully saturated rings. The highest BCUT2D eigenvalue weighted by molar-refractivity contribution is 6.31. The number of pyridine rings is 1. The Hall–Kier alpha value is -2.80. The van der Waals surface area contributed by atoms with Gasteiger partial charge in [0.2, 0.25) is 0 Å². The van der Waals surface area contributed by atoms with Gasteiger partial charge in [0.15, 0.2) is 16.7 Å². The number of para-hydroxylation sites is 1. The standard InChI is InChI=1S/C13H9ClN4O3/c14-11-10-9(6(4-17-11)13(16)20)18-8-5(12(15)19)2-1-3-7(8)21-10/h1-4,18H,(H2,15,19)(H2,16,20). The van der Waals surface area contributed by atoms with Crippen LogP contribution < -0.4 is 21.5 Å². The Labute approximate surface area is 123 Å². The highest BCUT2D eigenvalue weighted by atomic mass is 35.5. The van der Waals surface area contributed by atoms with Gasteiger partial charge in [0.25, 0.3) is 11.8 Å². The van der Waals surface area contributed by atoms with E-state index in [1.54, 1.807) is 12.1 Å². The summed E-state index contributed by atoms with van der Waals surface area (Å²) in [7, 11) is 0. The number of hydrogen-bond donors (Lipinski definition) is 3. The van der Waals surface area contributed by atoms with E-state index in [1.807, 2.05) is 0 Å². The number of carbonyl (C=O) groups is 2. The van der Waals surface area contributed by atoms with Crippen molar-refractivity contribution < 1.29 is 14.3 Å². The minimum Gasteiger partial charge on any atom is -0.450 e. The second kappa shape index (κ2) is 4.64. The molecule has 0 bridgehead atoms. The molecule has 2 heterocycles. The maximum atomic E-state index is 11.5. The van der Waals surface area contributed by atoms with Gasteiger partial charge >= 0.3 is 0 Å². The van der Waals surface area contributed by atoms with Crippen LogP contribution in [0.4, 0.5) is 11.4 Å². The molecule has 0 saturated heterocycles. The van der Waals surface area contributed by atoms with Crippen LogP contribution >= 0.6 is 11.6 Å². The molecule has 106 valence electrons. The monoisotopic (exact) mass is 304 g/mol. The number of nitrogens with zero attached hydrogens (tertiary/aromatic N) is 1. The van der Waals surface area contributed by atoms with Crippen LogP contribution in [0.25, 0.3) is 0 Å². The summed E-state index contributed by atoms with van der Waals surface area (Å²) in [5.41, 5.74) is 11.5. The Balaban J connectivity index is 2.22. The summed E-state index contributed by atoms with van der Waals surface area (Å²) >= 11 is 5.97. The number of halogens is 1. The summed E-state index contributed by atoms with van der Waals surface area (Å²) < 4.78 is 5.62. The van der Waals surface area contributed by atoms with Crippen molar-refractivity contribution in [2.75, 3.05) is 5.32 Å². The Morgan fingerprint density at radius 2 is 1.86 bits per heavy atom. The van der Waals surface area contributed by atoms with Crippen molar-refractivity contribution >= 4 is 34.8 Å². The van der Waals surface area contributed by atoms with Gasteiger partial charge in [-0.3, -0.25) is 9.59 Å². The number of hydrogen-bond acceptors (Lipinski definition) is 5. The Morgan fingerprint density at radius 1 is 1.14 bits per heavy atom. The van der Waals surface area contributed by atoms with Crippen molar-refractivity contribution in [3.05, 3.63) is 40.7 Å². The van der Waals surface area contributed by atoms with Gasteiger partial charge in [-0.1, -0.05) is 17.7 Å². The van der Waals surface area contributed by atoms with Crippen LogP contribution in [0, 0.1) is 0 Å². The lowest BCUT2D eigenvalue weighted by Crippen LogP contribution is -2.19. The van der Waals surface area contributed by atoms with Crippen molar-refractivity contribution in [1.29, 1.82) is 0 Å². The first kappa shape index (κ1) is 13.2. The minimum absolute atomic E-state index is 0.0672. The smallest absolute Gasteiger partial charge is 0.252 e. The number of aromatic nitrogens is 1. The van der Waals surface area contributed by atoms with Crippen LogP contribution in [-0.2, 0) is 0 Å². The molecule has 5 N–H and O–H groups in total. The third kappa shape index (κ3) is 2.03. The second-order valence-corrected chi connectivity index (χ2v) is 4.66. The molecule has 1 aromatic carbocycles. The number of nitrogens with two attached hydrogens (primary N) is 2. The fraction of sp³-hybridized carbons (Fsp3) is 0. The van der Waals surface area contributed by atoms with E-state index in [0.717, 1.165) is 0 Å². The number of nitrogens with one attached hydrogen (secondary N) is 1. The molecule has 0 radical (unpaired) electrons. The van der Waals surface area contributed by atoms with Crippen molar-refractivity contribution in [2.24, 2.45) is 11.5 Å². The van der Waals surface area contributed by atoms with Crippen molar-refractivity contribution in [3.8, 4) is 11.5 Å². The van der Waals surface area contributed by atoms with Crippen molar-refractivity contribution in [3.63, 3.8) is 0 Å². The summed E-state index contributed by atoms with van der Waals surface area (Å²) in [4.78, 5) is 26.8. The Kier molecular flexibility index (Phi) is 2.91. The maximum absolute atomic E-state index is 11.5. The van der Waals surface area contributed by atoms with Gasteiger partial charge in [-0.05, 0) is 12.1 Å². The second-order valence-electron chi connectivity index (χ2n) is 4.30. The van der Waals surface area contributed by atoms with Crippen LogP contribution in [0.3, 0.4) is 0 Å². The number of carbonyl (C=O) groups excluding carboxylic acids is 2. The van der Waals surface area contributed by atoms with Crippen molar-refractivity contribution in [2.45, 2.75) is 0 Å². The summed E-state index contributed by atoms with van der Waals surface area (Å²) in [6, 6.07) is 4.78. The lowest BCUT2D eigenvalue weighted by atomic mass is 10.1. The highest BCUT2D eigenvalue weighted by Crippen LogP contribution is 2.47. The van der Waals surface area contributed by atoms with E-state index in [1.165, 1.54) is 12.3 Å². The first-order valence-corrected chi connectivity index (χ1v) is 6.23. The zero-order valence-electron chi connectivity index (χ0n) is 10.5. The van der Waals surface area contributed by atoms with E-state index in [-0.39, 0.29) is 27.7 Å². The number of anilines is 2. The molecular formula is C13H9ClN4O3. The van der Waals surface area contributed by atoms with Gasteiger partial charge in [0.05, 0.1) is 22.5 Å². The summed E-state index contributed by atoms with van der Waals surface area (Å²) in [5.74, 6) is -0.815. The van der Waals surface area contributed by atoms with E-state index in [4.69, 9.17) is 27.8 Å². The summed E-state index contributed by atoms with van der Waals surface area (Å²) in [5, 5.41) is 3.00. The lowest BCUT2D eigenvalue weighted by Gasteiger charge is -2.24. The molecule has 0 aliphatic carbocycles. The summed E-state index contributed by atoms with van der Waals surface area (Å²) in [6.45, 7) is 0. The van der Waals surface area contributed by atoms with Gasteiger partial charge in [-0.2, -0.15) is 0 Å². The number of benzene rings is 1. The SMILES string of the molecule is NC(=O)c1cccc2c1Nc1c(C(N)=O)cnc(Cl)c1O2. The predicted molar refractivity (Wildman–Crippen MR) is 76.1 cm³/mol. The molecule has 0 spiro atoms. The number of rotatable bonds is 2. The average molecular weight is 305 g/mol. The zero-order chi connectivity index (χ0) is 15.1. The molecule has 8 heteroatoms. The van der Waals surface area contributed by atoms with Gasteiger partial charge < -0.3 is 21.5 Å². The van der Waals surface area contributed by atoms with E-state index >= 15 is 0 Å². The maximum Gasteiger partial charge on any atom is 0.252 e. The summed E-state index contributed by atoms with van der Waals surface area (Å²) in [6.07, 6.45) is 1.23. The van der Waals surface area contributed by atoms with E-state index in [0.29, 0.717) is 11.4 Å². The molecule has 2 aromatic rings. The number of primary amides is 2. The quantitative estimate of drug-likeness (QED) is 0.623. The zero-order valence-corrected chi connectivity index (χ0v) is 11.3. The molecule has 1 aliphatic rings. The van der Waals surface area contributed by atoms with Crippen LogP contribution in [0.15, 0.2) is 24.4 Å². The van der Waals surface area contributed by atoms with E-state index in [9.17, 15) is 9.59 Å². The van der Waals surface area contributed by atoms with E-state index < -0.39 is 11.8 Å². The molecule has 2 amide bonds. The molecule has 0 unspecified atom stereocenters. The molecule has 7 nitrogen and oxygen atoms in total. The average Bonchev–Trinajstić information content (AvgIpc) is 2.45. The lowest BCUT2D eigenvalue weighted by molar-refractivity contribution is 0.0993. The molecule has 0 saturated carbocycles. The molecule has 0 atom stereocenters. The third-order valence-electron chi connectivity index (χ3n) is 3.01. The largest absolute Gasteiger partial charge is 0.450 e. The van der Waals surface area contributed by atoms with Crippen molar-refractivity contribution in [1.82, 2.24) is 4.98 Å². The predicted octanol–water partition coefficient (Wildman–Crippen LogP) is 1.78. The fourth-order valence-corrected chi connectivity index (χ4v) is 2.24. The third-order valence-corrected chi connectivity index (χ3v) is 3.28. The number of amides is 2. The van der Waals surface area contributed by atoms with Gasteiger partial charge in [-0.25, -0.2) is 4.98 Å². The van der Waals surface area contributed by atoms with Gasteiger partial charge in [0.1, 0.15) is 0 Å². The number of ether oxygens (including phenoxy) is 1. The Morgan fingerprint density at radius 3 is 2.52 bits per heavy atom. The first-order chi connectivity index (χ1) is 9.99. The van der Waals surface area contributed by atoms with Crippen LogP contribution in [-0.4, -0.2) is 16.8 Å². The molecular weight excluding hydrogens is 296 g/mol. The fourth-order valence-electron chi connectivity index (χ4n) is 2.06. The van der Waals surface area contributed by atoms with E-state index in [2.05, 4.69) is 10.3 Å². The Bertz CT molecular complexity index is 791. The normalized spacial score (nSPS) is 11.7. The minimum atomic E-state index is -0.702. The van der Waals surface area contributed by atoms with Crippen LogP contribution in [0.1, 0.15) is 20.7 Å². The first-order valence-electron chi connectivity index (χ1n) is 5.85. The van der Waals surface area contributed by atoms with Gasteiger partial charge in [-0.15, -0.1) is 0 Å². The molecule has 1 aromatic heterocycles. The molecule has 1 aliphatic heterocycles. The highest BCUT2D eigenvalue weighted by Gasteiger charge is 2.27. The van der Waals surface area contributed by atoms with Crippen LogP contribution in [0.5, 0.6) is 11.5 Å². The topological polar surface area (TPSA) is 120 Å². The van der Waals surface area contributed by atoms with Crippen LogP contribution in [0.2, 0.25) is 5.15 Å².